The first-order valence-corrected chi connectivity index (χ1v) is 9.73. The molecule has 0 aliphatic carbocycles. The zero-order valence-corrected chi connectivity index (χ0v) is 18.8. The van der Waals surface area contributed by atoms with Gasteiger partial charge in [-0.1, -0.05) is 27.7 Å². The second-order valence-electron chi connectivity index (χ2n) is 8.16. The molecule has 0 spiro atoms. The number of halogens is 1. The summed E-state index contributed by atoms with van der Waals surface area (Å²) >= 11 is 0. The first-order chi connectivity index (χ1) is 9.90. The predicted molar refractivity (Wildman–Crippen MR) is 109 cm³/mol. The molecule has 0 saturated carbocycles. The van der Waals surface area contributed by atoms with Crippen LogP contribution in [0.3, 0.4) is 0 Å². The van der Waals surface area contributed by atoms with E-state index >= 15 is 0 Å². The van der Waals surface area contributed by atoms with Crippen LogP contribution in [0.25, 0.3) is 0 Å². The van der Waals surface area contributed by atoms with Crippen LogP contribution in [0.15, 0.2) is 4.99 Å². The van der Waals surface area contributed by atoms with Gasteiger partial charge in [-0.15, -0.1) is 24.0 Å². The molecule has 0 bridgehead atoms. The molecule has 1 saturated heterocycles. The van der Waals surface area contributed by atoms with Crippen molar-refractivity contribution >= 4 is 39.8 Å². The summed E-state index contributed by atoms with van der Waals surface area (Å²) in [5.74, 6) is 1.65. The summed E-state index contributed by atoms with van der Waals surface area (Å²) in [5, 5.41) is 3.43. The molecule has 5 nitrogen and oxygen atoms in total. The van der Waals surface area contributed by atoms with Crippen LogP contribution in [0.4, 0.5) is 0 Å². The second-order valence-corrected chi connectivity index (χ2v) is 10.9. The number of hydrogen-bond donors (Lipinski definition) is 1. The quantitative estimate of drug-likeness (QED) is 0.399. The Morgan fingerprint density at radius 1 is 1.35 bits per heavy atom. The molecule has 23 heavy (non-hydrogen) atoms. The minimum atomic E-state index is -3.02. The van der Waals surface area contributed by atoms with Crippen molar-refractivity contribution in [1.82, 2.24) is 10.2 Å². The molecule has 1 heterocycles. The summed E-state index contributed by atoms with van der Waals surface area (Å²) in [4.78, 5) is 6.41. The van der Waals surface area contributed by atoms with Gasteiger partial charge in [0, 0.05) is 26.7 Å². The van der Waals surface area contributed by atoms with Gasteiger partial charge in [0.15, 0.2) is 15.8 Å². The molecule has 0 aromatic carbocycles. The molecule has 1 aliphatic heterocycles. The normalized spacial score (nSPS) is 21.0. The second kappa shape index (κ2) is 8.36. The highest BCUT2D eigenvalue weighted by atomic mass is 127. The maximum Gasteiger partial charge on any atom is 0.193 e. The number of nitrogens with zero attached hydrogens (tertiary/aromatic N) is 2. The molecule has 7 heteroatoms. The Hall–Kier alpha value is -0.0500. The van der Waals surface area contributed by atoms with Crippen molar-refractivity contribution in [3.05, 3.63) is 0 Å². The molecule has 1 N–H and O–H groups in total. The number of sulfone groups is 1. The van der Waals surface area contributed by atoms with Crippen LogP contribution >= 0.6 is 24.0 Å². The summed E-state index contributed by atoms with van der Waals surface area (Å²) in [5.41, 5.74) is 0.182. The number of rotatable bonds is 4. The van der Waals surface area contributed by atoms with Crippen molar-refractivity contribution in [1.29, 1.82) is 0 Å². The summed E-state index contributed by atoms with van der Waals surface area (Å²) in [6.07, 6.45) is 1.14. The zero-order valence-electron chi connectivity index (χ0n) is 15.6. The fourth-order valence-electron chi connectivity index (χ4n) is 3.15. The van der Waals surface area contributed by atoms with Gasteiger partial charge >= 0.3 is 0 Å². The van der Waals surface area contributed by atoms with E-state index < -0.39 is 14.6 Å². The van der Waals surface area contributed by atoms with E-state index in [-0.39, 0.29) is 35.1 Å². The van der Waals surface area contributed by atoms with Gasteiger partial charge in [-0.3, -0.25) is 4.99 Å². The number of guanidine groups is 1. The lowest BCUT2D eigenvalue weighted by molar-refractivity contribution is 0.278. The van der Waals surface area contributed by atoms with Crippen molar-refractivity contribution in [3.8, 4) is 0 Å². The van der Waals surface area contributed by atoms with Crippen LogP contribution in [-0.4, -0.2) is 56.5 Å². The lowest BCUT2D eigenvalue weighted by Gasteiger charge is -2.40. The Morgan fingerprint density at radius 3 is 2.35 bits per heavy atom. The topological polar surface area (TPSA) is 61.8 Å². The van der Waals surface area contributed by atoms with Crippen LogP contribution < -0.4 is 5.32 Å². The van der Waals surface area contributed by atoms with E-state index in [1.54, 1.807) is 20.9 Å². The van der Waals surface area contributed by atoms with E-state index in [4.69, 9.17) is 0 Å². The van der Waals surface area contributed by atoms with Gasteiger partial charge in [-0.2, -0.15) is 0 Å². The minimum Gasteiger partial charge on any atom is -0.356 e. The SMILES string of the molecule is CN=C(NCC(C)(C)CC(C)C)N1CCS(=O)(=O)C(C)(C)C1.I. The van der Waals surface area contributed by atoms with Gasteiger partial charge in [0.2, 0.25) is 0 Å². The monoisotopic (exact) mass is 459 g/mol. The molecule has 0 atom stereocenters. The molecule has 138 valence electrons. The Labute approximate surface area is 159 Å². The lowest BCUT2D eigenvalue weighted by atomic mass is 9.84. The van der Waals surface area contributed by atoms with Gasteiger partial charge in [0.05, 0.1) is 10.5 Å². The molecular formula is C16H34IN3O2S. The third-order valence-electron chi connectivity index (χ3n) is 4.24. The number of hydrogen-bond acceptors (Lipinski definition) is 3. The molecule has 1 fully saturated rings. The molecule has 1 rings (SSSR count). The summed E-state index contributed by atoms with van der Waals surface area (Å²) in [6, 6.07) is 0. The van der Waals surface area contributed by atoms with Crippen molar-refractivity contribution < 1.29 is 8.42 Å². The van der Waals surface area contributed by atoms with Crippen LogP contribution in [0, 0.1) is 11.3 Å². The molecule has 1 aliphatic rings. The van der Waals surface area contributed by atoms with Gasteiger partial charge < -0.3 is 10.2 Å². The van der Waals surface area contributed by atoms with Gasteiger partial charge in [-0.05, 0) is 31.6 Å². The molecule has 0 aromatic heterocycles. The maximum absolute atomic E-state index is 12.1. The van der Waals surface area contributed by atoms with E-state index in [0.717, 1.165) is 18.9 Å². The number of nitrogens with one attached hydrogen (secondary N) is 1. The largest absolute Gasteiger partial charge is 0.356 e. The molecule has 0 unspecified atom stereocenters. The fourth-order valence-corrected chi connectivity index (χ4v) is 4.52. The Morgan fingerprint density at radius 2 is 1.91 bits per heavy atom. The Balaban J connectivity index is 0.00000484. The molecular weight excluding hydrogens is 425 g/mol. The van der Waals surface area contributed by atoms with E-state index in [0.29, 0.717) is 19.0 Å². The van der Waals surface area contributed by atoms with Crippen molar-refractivity contribution in [2.45, 2.75) is 52.7 Å². The van der Waals surface area contributed by atoms with Gasteiger partial charge in [0.25, 0.3) is 0 Å². The lowest BCUT2D eigenvalue weighted by Crippen LogP contribution is -2.57. The van der Waals surface area contributed by atoms with Crippen LogP contribution in [0.5, 0.6) is 0 Å². The summed E-state index contributed by atoms with van der Waals surface area (Å²) in [6.45, 7) is 14.4. The average molecular weight is 459 g/mol. The highest BCUT2D eigenvalue weighted by Crippen LogP contribution is 2.26. The van der Waals surface area contributed by atoms with E-state index in [1.165, 1.54) is 0 Å². The fraction of sp³-hybridized carbons (Fsp3) is 0.938. The summed E-state index contributed by atoms with van der Waals surface area (Å²) < 4.78 is 23.5. The third kappa shape index (κ3) is 6.40. The molecule has 0 amide bonds. The van der Waals surface area contributed by atoms with Crippen molar-refractivity contribution in [2.24, 2.45) is 16.3 Å². The van der Waals surface area contributed by atoms with Crippen LogP contribution in [-0.2, 0) is 9.84 Å². The van der Waals surface area contributed by atoms with Gasteiger partial charge in [-0.25, -0.2) is 8.42 Å². The van der Waals surface area contributed by atoms with Crippen molar-refractivity contribution in [2.75, 3.05) is 32.4 Å². The third-order valence-corrected chi connectivity index (χ3v) is 6.77. The standard InChI is InChI=1S/C16H33N3O2S.HI/c1-13(2)10-15(3,4)11-18-14(17-7)19-8-9-22(20,21)16(5,6)12-19;/h13H,8-12H2,1-7H3,(H,17,18);1H. The Kier molecular flexibility index (Phi) is 8.34. The first-order valence-electron chi connectivity index (χ1n) is 8.08. The smallest absolute Gasteiger partial charge is 0.193 e. The van der Waals surface area contributed by atoms with E-state index in [1.807, 2.05) is 0 Å². The maximum atomic E-state index is 12.1. The van der Waals surface area contributed by atoms with Crippen molar-refractivity contribution in [3.63, 3.8) is 0 Å². The summed E-state index contributed by atoms with van der Waals surface area (Å²) in [7, 11) is -1.26. The van der Waals surface area contributed by atoms with Gasteiger partial charge in [0.1, 0.15) is 0 Å². The minimum absolute atomic E-state index is 0. The average Bonchev–Trinajstić information content (AvgIpc) is 2.32. The number of aliphatic imine (C=N–C) groups is 1. The predicted octanol–water partition coefficient (Wildman–Crippen LogP) is 2.76. The molecule has 0 radical (unpaired) electrons. The Bertz CT molecular complexity index is 513. The van der Waals surface area contributed by atoms with Crippen LogP contribution in [0.2, 0.25) is 0 Å². The van der Waals surface area contributed by atoms with Crippen LogP contribution in [0.1, 0.15) is 48.0 Å². The van der Waals surface area contributed by atoms with E-state index in [9.17, 15) is 8.42 Å². The first kappa shape index (κ1) is 22.9. The van der Waals surface area contributed by atoms with E-state index in [2.05, 4.69) is 42.9 Å². The zero-order chi connectivity index (χ0) is 17.2. The molecule has 0 aromatic rings. The highest BCUT2D eigenvalue weighted by molar-refractivity contribution is 14.0. The highest BCUT2D eigenvalue weighted by Gasteiger charge is 2.41.